The van der Waals surface area contributed by atoms with Gasteiger partial charge in [-0.3, -0.25) is 4.79 Å². The van der Waals surface area contributed by atoms with Crippen molar-refractivity contribution in [2.75, 3.05) is 0 Å². The molecule has 1 unspecified atom stereocenters. The lowest BCUT2D eigenvalue weighted by molar-refractivity contribution is 0.0225. The molecule has 0 fully saturated rings. The molecule has 1 amide bonds. The number of fused-ring (bicyclic) bond motifs is 2. The molecule has 4 rings (SSSR count). The van der Waals surface area contributed by atoms with Gasteiger partial charge in [-0.05, 0) is 31.0 Å². The van der Waals surface area contributed by atoms with Crippen LogP contribution in [0.5, 0.6) is 5.75 Å². The third-order valence-corrected chi connectivity index (χ3v) is 5.44. The Hall–Kier alpha value is -2.75. The normalized spacial score (nSPS) is 18.2. The minimum Gasteiger partial charge on any atom is -0.487 e. The molecule has 0 saturated carbocycles. The molecule has 2 heterocycles. The molecule has 0 bridgehead atoms. The van der Waals surface area contributed by atoms with Crippen LogP contribution in [0.25, 0.3) is 11.0 Å². The highest BCUT2D eigenvalue weighted by Crippen LogP contribution is 2.42. The third kappa shape index (κ3) is 2.85. The predicted molar refractivity (Wildman–Crippen MR) is 101 cm³/mol. The largest absolute Gasteiger partial charge is 0.487 e. The topological polar surface area (TPSA) is 51.5 Å². The molecule has 4 heteroatoms. The van der Waals surface area contributed by atoms with Gasteiger partial charge in [0.15, 0.2) is 5.76 Å². The molecule has 1 aliphatic rings. The summed E-state index contributed by atoms with van der Waals surface area (Å²) in [4.78, 5) is 12.8. The molecule has 134 valence electrons. The molecule has 1 atom stereocenters. The van der Waals surface area contributed by atoms with Gasteiger partial charge in [0.25, 0.3) is 5.91 Å². The van der Waals surface area contributed by atoms with Gasteiger partial charge in [0.1, 0.15) is 16.9 Å². The van der Waals surface area contributed by atoms with Crippen molar-refractivity contribution in [1.82, 2.24) is 5.32 Å². The number of ether oxygens (including phenoxy) is 1. The smallest absolute Gasteiger partial charge is 0.287 e. The van der Waals surface area contributed by atoms with Gasteiger partial charge in [0, 0.05) is 17.4 Å². The number of carbonyl (C=O) groups excluding carboxylic acids is 1. The second-order valence-corrected chi connectivity index (χ2v) is 6.91. The molecule has 0 radical (unpaired) electrons. The zero-order chi connectivity index (χ0) is 18.1. The molecule has 1 N–H and O–H groups in total. The highest BCUT2D eigenvalue weighted by molar-refractivity contribution is 5.96. The van der Waals surface area contributed by atoms with Crippen LogP contribution in [0.15, 0.2) is 59.0 Å². The van der Waals surface area contributed by atoms with E-state index in [9.17, 15) is 4.79 Å². The summed E-state index contributed by atoms with van der Waals surface area (Å²) in [5, 5.41) is 4.09. The third-order valence-electron chi connectivity index (χ3n) is 5.44. The van der Waals surface area contributed by atoms with E-state index < -0.39 is 0 Å². The quantitative estimate of drug-likeness (QED) is 0.700. The molecule has 0 aliphatic carbocycles. The van der Waals surface area contributed by atoms with Gasteiger partial charge in [0.05, 0.1) is 6.04 Å². The van der Waals surface area contributed by atoms with Crippen molar-refractivity contribution in [2.24, 2.45) is 0 Å². The second-order valence-electron chi connectivity index (χ2n) is 6.91. The van der Waals surface area contributed by atoms with E-state index >= 15 is 0 Å². The number of hydrogen-bond acceptors (Lipinski definition) is 3. The maximum atomic E-state index is 12.8. The molecule has 1 aliphatic heterocycles. The van der Waals surface area contributed by atoms with Gasteiger partial charge >= 0.3 is 0 Å². The number of carbonyl (C=O) groups is 1. The fourth-order valence-corrected chi connectivity index (χ4v) is 3.75. The van der Waals surface area contributed by atoms with Crippen molar-refractivity contribution < 1.29 is 13.9 Å². The highest BCUT2D eigenvalue weighted by Gasteiger charge is 2.39. The number of amides is 1. The van der Waals surface area contributed by atoms with Crippen LogP contribution < -0.4 is 10.1 Å². The SMILES string of the molecule is CCC1(CC)CC(NC(=O)c2cc3ccccc3o2)c2ccccc2O1. The Morgan fingerprint density at radius 1 is 1.12 bits per heavy atom. The number of benzene rings is 2. The first kappa shape index (κ1) is 16.7. The number of para-hydroxylation sites is 2. The van der Waals surface area contributed by atoms with Crippen molar-refractivity contribution in [1.29, 1.82) is 0 Å². The van der Waals surface area contributed by atoms with Gasteiger partial charge in [-0.15, -0.1) is 0 Å². The number of nitrogens with one attached hydrogen (secondary N) is 1. The van der Waals surface area contributed by atoms with Crippen LogP contribution in [-0.4, -0.2) is 11.5 Å². The van der Waals surface area contributed by atoms with Gasteiger partial charge in [-0.2, -0.15) is 0 Å². The highest BCUT2D eigenvalue weighted by atomic mass is 16.5. The zero-order valence-corrected chi connectivity index (χ0v) is 15.1. The summed E-state index contributed by atoms with van der Waals surface area (Å²) in [6.45, 7) is 4.27. The van der Waals surface area contributed by atoms with Crippen LogP contribution in [0.2, 0.25) is 0 Å². The summed E-state index contributed by atoms with van der Waals surface area (Å²) in [5.41, 5.74) is 1.50. The first-order valence-corrected chi connectivity index (χ1v) is 9.21. The molecule has 0 saturated heterocycles. The second kappa shape index (κ2) is 6.52. The minimum absolute atomic E-state index is 0.0967. The average Bonchev–Trinajstić information content (AvgIpc) is 3.12. The summed E-state index contributed by atoms with van der Waals surface area (Å²) >= 11 is 0. The Balaban J connectivity index is 1.64. The Labute approximate surface area is 153 Å². The van der Waals surface area contributed by atoms with Crippen molar-refractivity contribution in [3.63, 3.8) is 0 Å². The van der Waals surface area contributed by atoms with Gasteiger partial charge < -0.3 is 14.5 Å². The van der Waals surface area contributed by atoms with Crippen LogP contribution in [0.1, 0.15) is 55.3 Å². The van der Waals surface area contributed by atoms with Crippen molar-refractivity contribution in [3.8, 4) is 5.75 Å². The molecular formula is C22H23NO3. The average molecular weight is 349 g/mol. The van der Waals surface area contributed by atoms with Crippen molar-refractivity contribution in [3.05, 3.63) is 65.9 Å². The van der Waals surface area contributed by atoms with E-state index in [1.807, 2.05) is 48.5 Å². The molecule has 4 nitrogen and oxygen atoms in total. The number of furan rings is 1. The van der Waals surface area contributed by atoms with Crippen LogP contribution >= 0.6 is 0 Å². The summed E-state index contributed by atoms with van der Waals surface area (Å²) in [7, 11) is 0. The van der Waals surface area contributed by atoms with Crippen LogP contribution in [-0.2, 0) is 0 Å². The lowest BCUT2D eigenvalue weighted by atomic mass is 9.83. The lowest BCUT2D eigenvalue weighted by Crippen LogP contribution is -2.44. The summed E-state index contributed by atoms with van der Waals surface area (Å²) < 4.78 is 12.0. The zero-order valence-electron chi connectivity index (χ0n) is 15.1. The molecule has 1 aromatic heterocycles. The van der Waals surface area contributed by atoms with Gasteiger partial charge in [0.2, 0.25) is 0 Å². The minimum atomic E-state index is -0.250. The summed E-state index contributed by atoms with van der Waals surface area (Å²) in [6.07, 6.45) is 2.55. The Bertz CT molecular complexity index is 906. The summed E-state index contributed by atoms with van der Waals surface area (Å²) in [6, 6.07) is 17.3. The van der Waals surface area contributed by atoms with Gasteiger partial charge in [-0.25, -0.2) is 0 Å². The van der Waals surface area contributed by atoms with Crippen LogP contribution in [0, 0.1) is 0 Å². The Morgan fingerprint density at radius 2 is 1.85 bits per heavy atom. The molecule has 0 spiro atoms. The fraction of sp³-hybridized carbons (Fsp3) is 0.318. The van der Waals surface area contributed by atoms with E-state index in [1.165, 1.54) is 0 Å². The van der Waals surface area contributed by atoms with E-state index in [-0.39, 0.29) is 17.6 Å². The van der Waals surface area contributed by atoms with E-state index in [0.717, 1.165) is 41.5 Å². The number of hydrogen-bond donors (Lipinski definition) is 1. The van der Waals surface area contributed by atoms with Crippen molar-refractivity contribution in [2.45, 2.75) is 44.8 Å². The van der Waals surface area contributed by atoms with E-state index in [4.69, 9.17) is 9.15 Å². The molecule has 3 aromatic rings. The molecule has 2 aromatic carbocycles. The predicted octanol–water partition coefficient (Wildman–Crippen LogP) is 5.25. The van der Waals surface area contributed by atoms with E-state index in [0.29, 0.717) is 5.76 Å². The standard InChI is InChI=1S/C22H23NO3/c1-3-22(4-2)14-17(16-10-6-8-12-19(16)26-22)23-21(24)20-13-15-9-5-7-11-18(15)25-20/h5-13,17H,3-4,14H2,1-2H3,(H,23,24). The monoisotopic (exact) mass is 349 g/mol. The fourth-order valence-electron chi connectivity index (χ4n) is 3.75. The number of rotatable bonds is 4. The Kier molecular flexibility index (Phi) is 4.19. The first-order chi connectivity index (χ1) is 12.6. The van der Waals surface area contributed by atoms with Crippen molar-refractivity contribution >= 4 is 16.9 Å². The molecular weight excluding hydrogens is 326 g/mol. The van der Waals surface area contributed by atoms with E-state index in [1.54, 1.807) is 6.07 Å². The maximum absolute atomic E-state index is 12.8. The van der Waals surface area contributed by atoms with E-state index in [2.05, 4.69) is 19.2 Å². The van der Waals surface area contributed by atoms with Gasteiger partial charge in [-0.1, -0.05) is 50.2 Å². The van der Waals surface area contributed by atoms with Crippen LogP contribution in [0.3, 0.4) is 0 Å². The lowest BCUT2D eigenvalue weighted by Gasteiger charge is -2.41. The maximum Gasteiger partial charge on any atom is 0.287 e. The van der Waals surface area contributed by atoms with Crippen LogP contribution in [0.4, 0.5) is 0 Å². The Morgan fingerprint density at radius 3 is 2.62 bits per heavy atom. The first-order valence-electron chi connectivity index (χ1n) is 9.21. The molecule has 26 heavy (non-hydrogen) atoms. The summed E-state index contributed by atoms with van der Waals surface area (Å²) in [5.74, 6) is 1.01.